The van der Waals surface area contributed by atoms with Crippen LogP contribution >= 0.6 is 0 Å². The van der Waals surface area contributed by atoms with Crippen molar-refractivity contribution >= 4 is 15.7 Å². The zero-order valence-electron chi connectivity index (χ0n) is 15.1. The van der Waals surface area contributed by atoms with Crippen molar-refractivity contribution in [3.8, 4) is 0 Å². The Bertz CT molecular complexity index is 1020. The van der Waals surface area contributed by atoms with Crippen molar-refractivity contribution in [1.82, 2.24) is 4.31 Å². The van der Waals surface area contributed by atoms with Crippen LogP contribution in [0.1, 0.15) is 11.1 Å². The van der Waals surface area contributed by atoms with Gasteiger partial charge in [-0.15, -0.1) is 0 Å². The number of rotatable bonds is 8. The Balaban J connectivity index is 1.88. The minimum Gasteiger partial charge on any atom is -0.258 e. The molecule has 0 fully saturated rings. The lowest BCUT2D eigenvalue weighted by Crippen LogP contribution is -2.32. The van der Waals surface area contributed by atoms with Gasteiger partial charge in [0.05, 0.1) is 9.82 Å². The van der Waals surface area contributed by atoms with Gasteiger partial charge in [-0.25, -0.2) is 8.42 Å². The van der Waals surface area contributed by atoms with E-state index in [-0.39, 0.29) is 17.1 Å². The van der Waals surface area contributed by atoms with Crippen molar-refractivity contribution in [3.63, 3.8) is 0 Å². The summed E-state index contributed by atoms with van der Waals surface area (Å²) in [6.45, 7) is 0.533. The van der Waals surface area contributed by atoms with E-state index in [1.54, 1.807) is 0 Å². The molecule has 144 valence electrons. The predicted octanol–water partition coefficient (Wildman–Crippen LogP) is 4.03. The second kappa shape index (κ2) is 8.77. The summed E-state index contributed by atoms with van der Waals surface area (Å²) in [5, 5.41) is 10.8. The quantitative estimate of drug-likeness (QED) is 0.425. The SMILES string of the molecule is O=[N+]([O-])c1ccc(S(=O)(=O)N(CCc2ccccc2)Cc2ccccc2)cc1. The highest BCUT2D eigenvalue weighted by Gasteiger charge is 2.25. The Morgan fingerprint density at radius 1 is 0.786 bits per heavy atom. The number of sulfonamides is 1. The first-order valence-corrected chi connectivity index (χ1v) is 10.2. The number of hydrogen-bond donors (Lipinski definition) is 0. The van der Waals surface area contributed by atoms with Crippen LogP contribution in [-0.2, 0) is 23.0 Å². The van der Waals surface area contributed by atoms with Crippen LogP contribution in [0.4, 0.5) is 5.69 Å². The van der Waals surface area contributed by atoms with Crippen molar-refractivity contribution in [2.24, 2.45) is 0 Å². The number of non-ortho nitro benzene ring substituents is 1. The van der Waals surface area contributed by atoms with Crippen LogP contribution in [0.2, 0.25) is 0 Å². The number of hydrogen-bond acceptors (Lipinski definition) is 4. The normalized spacial score (nSPS) is 11.5. The summed E-state index contributed by atoms with van der Waals surface area (Å²) in [5.74, 6) is 0. The van der Waals surface area contributed by atoms with Gasteiger partial charge in [0.2, 0.25) is 10.0 Å². The molecule has 28 heavy (non-hydrogen) atoms. The van der Waals surface area contributed by atoms with Crippen LogP contribution in [0, 0.1) is 10.1 Å². The summed E-state index contributed by atoms with van der Waals surface area (Å²) in [7, 11) is -3.80. The smallest absolute Gasteiger partial charge is 0.258 e. The summed E-state index contributed by atoms with van der Waals surface area (Å²) >= 11 is 0. The fraction of sp³-hybridized carbons (Fsp3) is 0.143. The summed E-state index contributed by atoms with van der Waals surface area (Å²) < 4.78 is 27.8. The summed E-state index contributed by atoms with van der Waals surface area (Å²) in [6, 6.07) is 24.0. The Morgan fingerprint density at radius 2 is 1.32 bits per heavy atom. The molecular weight excluding hydrogens is 376 g/mol. The molecular formula is C21H20N2O4S. The molecule has 0 aromatic heterocycles. The molecule has 0 bridgehead atoms. The fourth-order valence-electron chi connectivity index (χ4n) is 2.86. The maximum atomic E-state index is 13.2. The van der Waals surface area contributed by atoms with Gasteiger partial charge in [-0.05, 0) is 29.7 Å². The van der Waals surface area contributed by atoms with E-state index in [2.05, 4.69) is 0 Å². The highest BCUT2D eigenvalue weighted by molar-refractivity contribution is 7.89. The van der Waals surface area contributed by atoms with E-state index in [0.29, 0.717) is 13.0 Å². The molecule has 0 N–H and O–H groups in total. The van der Waals surface area contributed by atoms with Gasteiger partial charge < -0.3 is 0 Å². The topological polar surface area (TPSA) is 80.5 Å². The molecule has 0 amide bonds. The maximum absolute atomic E-state index is 13.2. The second-order valence-corrected chi connectivity index (χ2v) is 8.25. The molecule has 0 unspecified atom stereocenters. The molecule has 0 aliphatic carbocycles. The van der Waals surface area contributed by atoms with E-state index in [0.717, 1.165) is 11.1 Å². The van der Waals surface area contributed by atoms with Crippen LogP contribution in [0.3, 0.4) is 0 Å². The Kier molecular flexibility index (Phi) is 6.18. The van der Waals surface area contributed by atoms with E-state index in [1.807, 2.05) is 60.7 Å². The first-order valence-electron chi connectivity index (χ1n) is 8.79. The molecule has 3 aromatic carbocycles. The molecule has 3 rings (SSSR count). The van der Waals surface area contributed by atoms with Crippen molar-refractivity contribution < 1.29 is 13.3 Å². The average Bonchev–Trinajstić information content (AvgIpc) is 2.72. The van der Waals surface area contributed by atoms with Crippen molar-refractivity contribution in [2.45, 2.75) is 17.9 Å². The van der Waals surface area contributed by atoms with E-state index in [4.69, 9.17) is 0 Å². The first kappa shape index (κ1) is 19.7. The van der Waals surface area contributed by atoms with Gasteiger partial charge in [-0.2, -0.15) is 4.31 Å². The van der Waals surface area contributed by atoms with Crippen LogP contribution in [-0.4, -0.2) is 24.2 Å². The lowest BCUT2D eigenvalue weighted by Gasteiger charge is -2.22. The van der Waals surface area contributed by atoms with E-state index >= 15 is 0 Å². The lowest BCUT2D eigenvalue weighted by atomic mass is 10.1. The van der Waals surface area contributed by atoms with E-state index < -0.39 is 14.9 Å². The van der Waals surface area contributed by atoms with Crippen LogP contribution in [0.25, 0.3) is 0 Å². The third-order valence-corrected chi connectivity index (χ3v) is 6.24. The first-order chi connectivity index (χ1) is 13.5. The van der Waals surface area contributed by atoms with E-state index in [9.17, 15) is 18.5 Å². The van der Waals surface area contributed by atoms with Gasteiger partial charge in [0.1, 0.15) is 0 Å². The van der Waals surface area contributed by atoms with Gasteiger partial charge in [0.25, 0.3) is 5.69 Å². The fourth-order valence-corrected chi connectivity index (χ4v) is 4.29. The van der Waals surface area contributed by atoms with Crippen LogP contribution < -0.4 is 0 Å². The molecule has 0 saturated carbocycles. The number of nitro groups is 1. The average molecular weight is 396 g/mol. The molecule has 0 heterocycles. The minimum atomic E-state index is -3.80. The third kappa shape index (κ3) is 4.82. The molecule has 0 saturated heterocycles. The molecule has 0 aliphatic rings. The van der Waals surface area contributed by atoms with Gasteiger partial charge in [0, 0.05) is 25.2 Å². The van der Waals surface area contributed by atoms with Gasteiger partial charge in [-0.3, -0.25) is 10.1 Å². The summed E-state index contributed by atoms with van der Waals surface area (Å²) in [5.41, 5.74) is 1.78. The maximum Gasteiger partial charge on any atom is 0.269 e. The lowest BCUT2D eigenvalue weighted by molar-refractivity contribution is -0.384. The third-order valence-electron chi connectivity index (χ3n) is 4.38. The predicted molar refractivity (Wildman–Crippen MR) is 107 cm³/mol. The number of nitro benzene ring substituents is 1. The van der Waals surface area contributed by atoms with Crippen LogP contribution in [0.15, 0.2) is 89.8 Å². The van der Waals surface area contributed by atoms with Gasteiger partial charge in [-0.1, -0.05) is 60.7 Å². The highest BCUT2D eigenvalue weighted by atomic mass is 32.2. The van der Waals surface area contributed by atoms with Crippen molar-refractivity contribution in [3.05, 3.63) is 106 Å². The monoisotopic (exact) mass is 396 g/mol. The standard InChI is InChI=1S/C21H20N2O4S/c24-23(25)20-11-13-21(14-12-20)28(26,27)22(17-19-9-5-2-6-10-19)16-15-18-7-3-1-4-8-18/h1-14H,15-17H2. The van der Waals surface area contributed by atoms with E-state index in [1.165, 1.54) is 28.6 Å². The summed E-state index contributed by atoms with van der Waals surface area (Å²) in [4.78, 5) is 10.3. The number of benzene rings is 3. The Labute approximate surface area is 164 Å². The molecule has 6 nitrogen and oxygen atoms in total. The summed E-state index contributed by atoms with van der Waals surface area (Å²) in [6.07, 6.45) is 0.569. The molecule has 0 radical (unpaired) electrons. The molecule has 3 aromatic rings. The van der Waals surface area contributed by atoms with Crippen LogP contribution in [0.5, 0.6) is 0 Å². The minimum absolute atomic E-state index is 0.0436. The largest absolute Gasteiger partial charge is 0.269 e. The Morgan fingerprint density at radius 3 is 1.86 bits per heavy atom. The molecule has 0 spiro atoms. The van der Waals surface area contributed by atoms with Crippen molar-refractivity contribution in [1.29, 1.82) is 0 Å². The molecule has 0 atom stereocenters. The number of nitrogens with zero attached hydrogens (tertiary/aromatic N) is 2. The van der Waals surface area contributed by atoms with Gasteiger partial charge >= 0.3 is 0 Å². The Hall–Kier alpha value is -3.03. The second-order valence-electron chi connectivity index (χ2n) is 6.31. The zero-order valence-corrected chi connectivity index (χ0v) is 16.0. The van der Waals surface area contributed by atoms with Crippen molar-refractivity contribution in [2.75, 3.05) is 6.54 Å². The highest BCUT2D eigenvalue weighted by Crippen LogP contribution is 2.22. The zero-order chi connectivity index (χ0) is 20.0. The van der Waals surface area contributed by atoms with Gasteiger partial charge in [0.15, 0.2) is 0 Å². The molecule has 0 aliphatic heterocycles. The molecule has 7 heteroatoms.